The lowest BCUT2D eigenvalue weighted by Crippen LogP contribution is -2.55. The van der Waals surface area contributed by atoms with E-state index in [1.165, 1.54) is 13.2 Å². The van der Waals surface area contributed by atoms with Crippen molar-refractivity contribution in [2.24, 2.45) is 5.92 Å². The Kier molecular flexibility index (Phi) is 9.93. The number of likely N-dealkylation sites (tertiary alicyclic amines) is 1. The van der Waals surface area contributed by atoms with Gasteiger partial charge in [-0.15, -0.1) is 0 Å². The molecular formula is C19H34N2O6. The number of nitrogens with zero attached hydrogens (tertiary/aromatic N) is 1. The Morgan fingerprint density at radius 2 is 1.96 bits per heavy atom. The van der Waals surface area contributed by atoms with Crippen LogP contribution in [0, 0.1) is 5.92 Å². The highest BCUT2D eigenvalue weighted by Crippen LogP contribution is 2.14. The fourth-order valence-corrected chi connectivity index (χ4v) is 2.92. The Hall–Kier alpha value is -1.48. The smallest absolute Gasteiger partial charge is 0.252 e. The quantitative estimate of drug-likeness (QED) is 0.408. The van der Waals surface area contributed by atoms with Crippen LogP contribution in [0.5, 0.6) is 0 Å². The molecule has 1 heterocycles. The van der Waals surface area contributed by atoms with Crippen LogP contribution in [-0.2, 0) is 14.3 Å². The number of nitrogens with one attached hydrogen (secondary N) is 1. The summed E-state index contributed by atoms with van der Waals surface area (Å²) < 4.78 is 5.04. The van der Waals surface area contributed by atoms with Crippen molar-refractivity contribution in [3.63, 3.8) is 0 Å². The van der Waals surface area contributed by atoms with E-state index in [0.717, 1.165) is 19.3 Å². The van der Waals surface area contributed by atoms with Gasteiger partial charge < -0.3 is 30.3 Å². The molecule has 4 N–H and O–H groups in total. The van der Waals surface area contributed by atoms with Crippen LogP contribution in [0.1, 0.15) is 39.5 Å². The summed E-state index contributed by atoms with van der Waals surface area (Å²) in [6.45, 7) is 4.58. The number of aliphatic hydroxyl groups is 3. The van der Waals surface area contributed by atoms with Crippen molar-refractivity contribution in [3.8, 4) is 0 Å². The van der Waals surface area contributed by atoms with Crippen molar-refractivity contribution in [1.82, 2.24) is 10.2 Å². The SMILES string of the molecule is CCC(C)C=CC(O)C(O)C(O)[C@@H](OC)C(=O)N[C@H]1CCCCN(C)C1=O. The summed E-state index contributed by atoms with van der Waals surface area (Å²) in [5.41, 5.74) is 0. The highest BCUT2D eigenvalue weighted by atomic mass is 16.5. The number of aliphatic hydroxyl groups excluding tert-OH is 3. The van der Waals surface area contributed by atoms with Crippen LogP contribution in [0.3, 0.4) is 0 Å². The summed E-state index contributed by atoms with van der Waals surface area (Å²) in [5.74, 6) is -0.679. The minimum absolute atomic E-state index is 0.192. The summed E-state index contributed by atoms with van der Waals surface area (Å²) in [6.07, 6.45) is 0.163. The molecule has 1 fully saturated rings. The molecule has 8 nitrogen and oxygen atoms in total. The number of ether oxygens (including phenoxy) is 1. The van der Waals surface area contributed by atoms with Crippen molar-refractivity contribution in [2.75, 3.05) is 20.7 Å². The molecule has 27 heavy (non-hydrogen) atoms. The van der Waals surface area contributed by atoms with Gasteiger partial charge in [-0.3, -0.25) is 9.59 Å². The van der Waals surface area contributed by atoms with Crippen LogP contribution in [0.2, 0.25) is 0 Å². The first-order valence-electron chi connectivity index (χ1n) is 9.53. The van der Waals surface area contributed by atoms with E-state index in [9.17, 15) is 24.9 Å². The number of rotatable bonds is 9. The lowest BCUT2D eigenvalue weighted by atomic mass is 9.99. The van der Waals surface area contributed by atoms with Crippen molar-refractivity contribution in [2.45, 2.75) is 70.0 Å². The second-order valence-electron chi connectivity index (χ2n) is 7.22. The van der Waals surface area contributed by atoms with Gasteiger partial charge in [-0.25, -0.2) is 0 Å². The number of carbonyl (C=O) groups is 2. The Labute approximate surface area is 161 Å². The number of allylic oxidation sites excluding steroid dienone is 1. The monoisotopic (exact) mass is 386 g/mol. The number of hydrogen-bond donors (Lipinski definition) is 4. The summed E-state index contributed by atoms with van der Waals surface area (Å²) in [4.78, 5) is 26.4. The summed E-state index contributed by atoms with van der Waals surface area (Å²) in [7, 11) is 2.90. The molecule has 1 aliphatic heterocycles. The van der Waals surface area contributed by atoms with E-state index < -0.39 is 36.4 Å². The highest BCUT2D eigenvalue weighted by molar-refractivity contribution is 5.89. The minimum atomic E-state index is -1.65. The molecule has 0 aromatic carbocycles. The number of methoxy groups -OCH3 is 1. The standard InChI is InChI=1S/C19H34N2O6/c1-5-12(2)9-10-14(22)15(23)16(24)17(27-4)18(25)20-13-8-6-7-11-21(3)19(13)26/h9-10,12-17,22-24H,5-8,11H2,1-4H3,(H,20,25)/t12?,13-,14?,15?,16?,17+/m0/s1. The van der Waals surface area contributed by atoms with Crippen molar-refractivity contribution < 1.29 is 29.6 Å². The zero-order valence-electron chi connectivity index (χ0n) is 16.7. The topological polar surface area (TPSA) is 119 Å². The van der Waals surface area contributed by atoms with Gasteiger partial charge in [0.2, 0.25) is 5.91 Å². The van der Waals surface area contributed by atoms with Crippen LogP contribution in [0.4, 0.5) is 0 Å². The van der Waals surface area contributed by atoms with Crippen molar-refractivity contribution >= 4 is 11.8 Å². The molecule has 1 saturated heterocycles. The number of carbonyl (C=O) groups excluding carboxylic acids is 2. The van der Waals surface area contributed by atoms with Crippen LogP contribution in [0.15, 0.2) is 12.2 Å². The van der Waals surface area contributed by atoms with Gasteiger partial charge in [0.15, 0.2) is 6.10 Å². The third-order valence-corrected chi connectivity index (χ3v) is 5.03. The molecule has 6 atom stereocenters. The van der Waals surface area contributed by atoms with Gasteiger partial charge in [0.05, 0.1) is 0 Å². The number of hydrogen-bond acceptors (Lipinski definition) is 6. The third-order valence-electron chi connectivity index (χ3n) is 5.03. The second kappa shape index (κ2) is 11.4. The molecule has 0 spiro atoms. The average molecular weight is 386 g/mol. The Morgan fingerprint density at radius 1 is 1.30 bits per heavy atom. The van der Waals surface area contributed by atoms with E-state index in [2.05, 4.69) is 5.32 Å². The van der Waals surface area contributed by atoms with Crippen molar-refractivity contribution in [3.05, 3.63) is 12.2 Å². The lowest BCUT2D eigenvalue weighted by Gasteiger charge is -2.28. The van der Waals surface area contributed by atoms with Gasteiger partial charge in [-0.2, -0.15) is 0 Å². The van der Waals surface area contributed by atoms with Gasteiger partial charge in [-0.05, 0) is 25.2 Å². The summed E-state index contributed by atoms with van der Waals surface area (Å²) in [5, 5.41) is 33.1. The van der Waals surface area contributed by atoms with E-state index >= 15 is 0 Å². The van der Waals surface area contributed by atoms with Gasteiger partial charge in [-0.1, -0.05) is 32.4 Å². The fourth-order valence-electron chi connectivity index (χ4n) is 2.92. The van der Waals surface area contributed by atoms with E-state index in [1.807, 2.05) is 13.8 Å². The molecule has 0 saturated carbocycles. The van der Waals surface area contributed by atoms with Crippen molar-refractivity contribution in [1.29, 1.82) is 0 Å². The third kappa shape index (κ3) is 6.88. The first-order chi connectivity index (χ1) is 12.7. The van der Waals surface area contributed by atoms with Crippen LogP contribution >= 0.6 is 0 Å². The van der Waals surface area contributed by atoms with E-state index in [-0.39, 0.29) is 11.8 Å². The molecule has 0 aliphatic carbocycles. The van der Waals surface area contributed by atoms with Gasteiger partial charge in [0.25, 0.3) is 5.91 Å². The van der Waals surface area contributed by atoms with Gasteiger partial charge >= 0.3 is 0 Å². The van der Waals surface area contributed by atoms with Crippen LogP contribution in [0.25, 0.3) is 0 Å². The molecule has 4 unspecified atom stereocenters. The summed E-state index contributed by atoms with van der Waals surface area (Å²) in [6, 6.07) is -0.692. The first-order valence-corrected chi connectivity index (χ1v) is 9.53. The van der Waals surface area contributed by atoms with Gasteiger partial charge in [0, 0.05) is 20.7 Å². The Morgan fingerprint density at radius 3 is 2.56 bits per heavy atom. The maximum atomic E-state index is 12.5. The first kappa shape index (κ1) is 23.6. The predicted octanol–water partition coefficient (Wildman–Crippen LogP) is -0.186. The zero-order valence-corrected chi connectivity index (χ0v) is 16.7. The number of likely N-dealkylation sites (N-methyl/N-ethyl adjacent to an activating group) is 1. The van der Waals surface area contributed by atoms with E-state index in [0.29, 0.717) is 13.0 Å². The van der Waals surface area contributed by atoms with E-state index in [1.54, 1.807) is 18.0 Å². The average Bonchev–Trinajstić information content (AvgIpc) is 2.81. The predicted molar refractivity (Wildman–Crippen MR) is 101 cm³/mol. The molecule has 156 valence electrons. The zero-order chi connectivity index (χ0) is 20.6. The Bertz CT molecular complexity index is 512. The molecule has 1 aliphatic rings. The molecule has 2 amide bonds. The molecule has 0 aromatic rings. The number of amides is 2. The largest absolute Gasteiger partial charge is 0.387 e. The molecule has 0 bridgehead atoms. The summed E-state index contributed by atoms with van der Waals surface area (Å²) >= 11 is 0. The Balaban J connectivity index is 2.75. The molecule has 1 rings (SSSR count). The molecule has 0 aromatic heterocycles. The fraction of sp³-hybridized carbons (Fsp3) is 0.789. The maximum Gasteiger partial charge on any atom is 0.252 e. The molecule has 0 radical (unpaired) electrons. The van der Waals surface area contributed by atoms with E-state index in [4.69, 9.17) is 4.74 Å². The van der Waals surface area contributed by atoms with Crippen LogP contribution < -0.4 is 5.32 Å². The molecule has 8 heteroatoms. The van der Waals surface area contributed by atoms with Crippen LogP contribution in [-0.4, -0.2) is 83.2 Å². The van der Waals surface area contributed by atoms with Gasteiger partial charge in [0.1, 0.15) is 24.4 Å². The second-order valence-corrected chi connectivity index (χ2v) is 7.22. The highest BCUT2D eigenvalue weighted by Gasteiger charge is 2.37. The normalized spacial score (nSPS) is 24.2. The lowest BCUT2D eigenvalue weighted by molar-refractivity contribution is -0.151. The maximum absolute atomic E-state index is 12.5. The minimum Gasteiger partial charge on any atom is -0.387 e. The molecular weight excluding hydrogens is 352 g/mol.